The number of hydrogen-bond donors (Lipinski definition) is 1. The second-order valence-electron chi connectivity index (χ2n) is 4.51. The van der Waals surface area contributed by atoms with Crippen molar-refractivity contribution in [3.05, 3.63) is 14.7 Å². The molecule has 1 atom stereocenters. The summed E-state index contributed by atoms with van der Waals surface area (Å²) in [7, 11) is -1.73. The highest BCUT2D eigenvalue weighted by Gasteiger charge is 2.35. The molecule has 0 aromatic carbocycles. The van der Waals surface area contributed by atoms with Gasteiger partial charge in [0.15, 0.2) is 0 Å². The molecule has 1 N–H and O–H groups in total. The van der Waals surface area contributed by atoms with E-state index in [4.69, 9.17) is 23.2 Å². The molecule has 0 amide bonds. The molecule has 1 aromatic heterocycles. The molecule has 108 valence electrons. The van der Waals surface area contributed by atoms with E-state index >= 15 is 0 Å². The maximum absolute atomic E-state index is 12.7. The van der Waals surface area contributed by atoms with Gasteiger partial charge in [-0.2, -0.15) is 4.31 Å². The first-order valence-electron chi connectivity index (χ1n) is 6.08. The molecule has 4 nitrogen and oxygen atoms in total. The lowest BCUT2D eigenvalue weighted by Crippen LogP contribution is -2.47. The van der Waals surface area contributed by atoms with Crippen molar-refractivity contribution in [3.8, 4) is 0 Å². The van der Waals surface area contributed by atoms with E-state index in [1.807, 2.05) is 7.05 Å². The Morgan fingerprint density at radius 1 is 1.47 bits per heavy atom. The van der Waals surface area contributed by atoms with Crippen molar-refractivity contribution in [1.29, 1.82) is 0 Å². The fraction of sp³-hybridized carbons (Fsp3) is 0.636. The quantitative estimate of drug-likeness (QED) is 0.915. The molecule has 2 heterocycles. The summed E-state index contributed by atoms with van der Waals surface area (Å²) in [6, 6.07) is 1.42. The highest BCUT2D eigenvalue weighted by atomic mass is 35.5. The lowest BCUT2D eigenvalue weighted by Gasteiger charge is -2.34. The van der Waals surface area contributed by atoms with Crippen molar-refractivity contribution in [3.63, 3.8) is 0 Å². The van der Waals surface area contributed by atoms with Gasteiger partial charge in [0.1, 0.15) is 9.23 Å². The summed E-state index contributed by atoms with van der Waals surface area (Å²) in [6.07, 6.45) is 2.81. The van der Waals surface area contributed by atoms with Crippen molar-refractivity contribution in [1.82, 2.24) is 9.62 Å². The summed E-state index contributed by atoms with van der Waals surface area (Å²) >= 11 is 12.9. The van der Waals surface area contributed by atoms with Gasteiger partial charge in [0, 0.05) is 19.1 Å². The normalized spacial score (nSPS) is 21.7. The van der Waals surface area contributed by atoms with Crippen LogP contribution in [0, 0.1) is 0 Å². The molecule has 0 saturated carbocycles. The van der Waals surface area contributed by atoms with Crippen LogP contribution in [0.15, 0.2) is 11.0 Å². The molecule has 1 unspecified atom stereocenters. The van der Waals surface area contributed by atoms with E-state index in [1.54, 1.807) is 4.31 Å². The SMILES string of the molecule is CNCC1CCCCN1S(=O)(=O)c1cc(Cl)sc1Cl. The minimum Gasteiger partial charge on any atom is -0.318 e. The van der Waals surface area contributed by atoms with Gasteiger partial charge in [-0.05, 0) is 26.0 Å². The van der Waals surface area contributed by atoms with Crippen molar-refractivity contribution >= 4 is 44.6 Å². The number of nitrogens with zero attached hydrogens (tertiary/aromatic N) is 1. The molecule has 1 saturated heterocycles. The number of halogens is 2. The van der Waals surface area contributed by atoms with Crippen LogP contribution >= 0.6 is 34.5 Å². The molecule has 1 aromatic rings. The van der Waals surface area contributed by atoms with E-state index in [-0.39, 0.29) is 15.3 Å². The number of nitrogens with one attached hydrogen (secondary N) is 1. The Hall–Kier alpha value is 0.150. The summed E-state index contributed by atoms with van der Waals surface area (Å²) < 4.78 is 27.5. The summed E-state index contributed by atoms with van der Waals surface area (Å²) in [5.41, 5.74) is 0. The lowest BCUT2D eigenvalue weighted by molar-refractivity contribution is 0.249. The molecule has 1 aliphatic heterocycles. The van der Waals surface area contributed by atoms with Gasteiger partial charge in [-0.15, -0.1) is 11.3 Å². The van der Waals surface area contributed by atoms with E-state index in [2.05, 4.69) is 5.32 Å². The average molecular weight is 343 g/mol. The fourth-order valence-electron chi connectivity index (χ4n) is 2.36. The van der Waals surface area contributed by atoms with Crippen molar-refractivity contribution in [2.45, 2.75) is 30.2 Å². The zero-order chi connectivity index (χ0) is 14.0. The molecule has 0 aliphatic carbocycles. The van der Waals surface area contributed by atoms with Crippen molar-refractivity contribution in [2.24, 2.45) is 0 Å². The zero-order valence-electron chi connectivity index (χ0n) is 10.5. The van der Waals surface area contributed by atoms with Crippen LogP contribution in [0.3, 0.4) is 0 Å². The molecule has 19 heavy (non-hydrogen) atoms. The second-order valence-corrected chi connectivity index (χ2v) is 8.66. The highest BCUT2D eigenvalue weighted by molar-refractivity contribution is 7.89. The Bertz CT molecular complexity index is 543. The Labute approximate surface area is 127 Å². The fourth-order valence-corrected chi connectivity index (χ4v) is 6.16. The molecule has 0 spiro atoms. The third-order valence-electron chi connectivity index (χ3n) is 3.22. The van der Waals surface area contributed by atoms with E-state index in [0.717, 1.165) is 30.6 Å². The number of hydrogen-bond acceptors (Lipinski definition) is 4. The summed E-state index contributed by atoms with van der Waals surface area (Å²) in [5, 5.41) is 3.05. The molecule has 2 rings (SSSR count). The Morgan fingerprint density at radius 3 is 2.79 bits per heavy atom. The molecule has 0 bridgehead atoms. The van der Waals surface area contributed by atoms with Gasteiger partial charge in [-0.1, -0.05) is 29.6 Å². The lowest BCUT2D eigenvalue weighted by atomic mass is 10.1. The molecule has 0 radical (unpaired) electrons. The van der Waals surface area contributed by atoms with Crippen LogP contribution in [0.4, 0.5) is 0 Å². The first-order chi connectivity index (χ1) is 8.96. The predicted molar refractivity (Wildman–Crippen MR) is 79.8 cm³/mol. The van der Waals surface area contributed by atoms with Gasteiger partial charge in [0.2, 0.25) is 10.0 Å². The smallest absolute Gasteiger partial charge is 0.245 e. The van der Waals surface area contributed by atoms with Gasteiger partial charge >= 0.3 is 0 Å². The first-order valence-corrected chi connectivity index (χ1v) is 9.09. The topological polar surface area (TPSA) is 49.4 Å². The first kappa shape index (κ1) is 15.5. The van der Waals surface area contributed by atoms with E-state index in [9.17, 15) is 8.42 Å². The minimum atomic E-state index is -3.56. The second kappa shape index (κ2) is 6.28. The van der Waals surface area contributed by atoms with Crippen LogP contribution in [0.2, 0.25) is 8.67 Å². The van der Waals surface area contributed by atoms with Gasteiger partial charge in [0.25, 0.3) is 0 Å². The average Bonchev–Trinajstić information content (AvgIpc) is 2.70. The summed E-state index contributed by atoms with van der Waals surface area (Å²) in [5.74, 6) is 0. The Kier molecular flexibility index (Phi) is 5.14. The maximum atomic E-state index is 12.7. The largest absolute Gasteiger partial charge is 0.318 e. The van der Waals surface area contributed by atoms with Crippen LogP contribution < -0.4 is 5.32 Å². The molecular formula is C11H16Cl2N2O2S2. The van der Waals surface area contributed by atoms with Crippen LogP contribution in [-0.4, -0.2) is 38.9 Å². The van der Waals surface area contributed by atoms with Crippen molar-refractivity contribution < 1.29 is 8.42 Å². The van der Waals surface area contributed by atoms with Crippen molar-refractivity contribution in [2.75, 3.05) is 20.1 Å². The predicted octanol–water partition coefficient (Wildman–Crippen LogP) is 2.82. The van der Waals surface area contributed by atoms with Crippen LogP contribution in [0.5, 0.6) is 0 Å². The Balaban J connectivity index is 2.34. The van der Waals surface area contributed by atoms with E-state index in [1.165, 1.54) is 6.07 Å². The standard InChI is InChI=1S/C11H16Cl2N2O2S2/c1-14-7-8-4-2-3-5-15(8)19(16,17)9-6-10(12)18-11(9)13/h6,8,14H,2-5,7H2,1H3. The monoisotopic (exact) mass is 342 g/mol. The maximum Gasteiger partial charge on any atom is 0.245 e. The van der Waals surface area contributed by atoms with Gasteiger partial charge < -0.3 is 5.32 Å². The van der Waals surface area contributed by atoms with E-state index < -0.39 is 10.0 Å². The molecular weight excluding hydrogens is 327 g/mol. The summed E-state index contributed by atoms with van der Waals surface area (Å²) in [4.78, 5) is 0.132. The van der Waals surface area contributed by atoms with Crippen LogP contribution in [-0.2, 0) is 10.0 Å². The molecule has 1 fully saturated rings. The molecule has 8 heteroatoms. The van der Waals surface area contributed by atoms with E-state index in [0.29, 0.717) is 17.4 Å². The zero-order valence-corrected chi connectivity index (χ0v) is 13.7. The number of sulfonamides is 1. The third kappa shape index (κ3) is 3.25. The number of likely N-dealkylation sites (N-methyl/N-ethyl adjacent to an activating group) is 1. The van der Waals surface area contributed by atoms with Gasteiger partial charge in [0.05, 0.1) is 4.34 Å². The number of thiophene rings is 1. The number of rotatable bonds is 4. The van der Waals surface area contributed by atoms with Gasteiger partial charge in [-0.3, -0.25) is 0 Å². The third-order valence-corrected chi connectivity index (χ3v) is 6.93. The molecule has 1 aliphatic rings. The van der Waals surface area contributed by atoms with Gasteiger partial charge in [-0.25, -0.2) is 8.42 Å². The minimum absolute atomic E-state index is 0.0153. The van der Waals surface area contributed by atoms with Crippen LogP contribution in [0.1, 0.15) is 19.3 Å². The highest BCUT2D eigenvalue weighted by Crippen LogP contribution is 2.37. The van der Waals surface area contributed by atoms with Crippen LogP contribution in [0.25, 0.3) is 0 Å². The Morgan fingerprint density at radius 2 is 2.21 bits per heavy atom. The summed E-state index contributed by atoms with van der Waals surface area (Å²) in [6.45, 7) is 1.19. The number of piperidine rings is 1.